The summed E-state index contributed by atoms with van der Waals surface area (Å²) in [6.07, 6.45) is 5.56. The highest BCUT2D eigenvalue weighted by atomic mass is 14.9. The molecule has 0 radical (unpaired) electrons. The van der Waals surface area contributed by atoms with Crippen LogP contribution in [0.4, 0.5) is 0 Å². The van der Waals surface area contributed by atoms with Crippen LogP contribution < -0.4 is 0 Å². The van der Waals surface area contributed by atoms with E-state index in [-0.39, 0.29) is 0 Å². The summed E-state index contributed by atoms with van der Waals surface area (Å²) in [5.41, 5.74) is 1.26. The first-order valence-corrected chi connectivity index (χ1v) is 3.83. The maximum atomic E-state index is 4.11. The van der Waals surface area contributed by atoms with Crippen molar-refractivity contribution in [3.05, 3.63) is 17.7 Å². The quantitative estimate of drug-likeness (QED) is 0.680. The summed E-state index contributed by atoms with van der Waals surface area (Å²) >= 11 is 0. The monoisotopic (exact) mass is 138 g/mol. The Kier molecular flexibility index (Phi) is 2.49. The van der Waals surface area contributed by atoms with Crippen LogP contribution in [0, 0.1) is 6.92 Å². The van der Waals surface area contributed by atoms with Crippen molar-refractivity contribution >= 4 is 0 Å². The molecule has 1 rings (SSSR count). The molecule has 0 unspecified atom stereocenters. The van der Waals surface area contributed by atoms with Gasteiger partial charge in [-0.05, 0) is 19.8 Å². The fourth-order valence-corrected chi connectivity index (χ4v) is 0.966. The molecule has 0 aliphatic carbocycles. The summed E-state index contributed by atoms with van der Waals surface area (Å²) in [6.45, 7) is 4.18. The number of unbranched alkanes of at least 4 members (excludes halogenated alkanes) is 1. The van der Waals surface area contributed by atoms with Gasteiger partial charge in [-0.3, -0.25) is 0 Å². The van der Waals surface area contributed by atoms with Crippen LogP contribution in [0.1, 0.15) is 31.3 Å². The second-order valence-corrected chi connectivity index (χ2v) is 2.60. The molecule has 56 valence electrons. The molecule has 0 saturated carbocycles. The van der Waals surface area contributed by atoms with E-state index in [9.17, 15) is 0 Å². The molecule has 1 heterocycles. The van der Waals surface area contributed by atoms with Gasteiger partial charge in [-0.2, -0.15) is 0 Å². The maximum absolute atomic E-state index is 4.11. The lowest BCUT2D eigenvalue weighted by Gasteiger charge is -1.91. The van der Waals surface area contributed by atoms with Crippen molar-refractivity contribution < 1.29 is 0 Å². The zero-order chi connectivity index (χ0) is 7.40. The third-order valence-electron chi connectivity index (χ3n) is 1.56. The first-order valence-electron chi connectivity index (χ1n) is 3.83. The third-order valence-corrected chi connectivity index (χ3v) is 1.56. The second-order valence-electron chi connectivity index (χ2n) is 2.60. The van der Waals surface area contributed by atoms with E-state index >= 15 is 0 Å². The molecule has 0 atom stereocenters. The van der Waals surface area contributed by atoms with Crippen LogP contribution in [0.3, 0.4) is 0 Å². The molecule has 0 aromatic carbocycles. The van der Waals surface area contributed by atoms with Crippen molar-refractivity contribution in [3.8, 4) is 0 Å². The van der Waals surface area contributed by atoms with E-state index in [4.69, 9.17) is 0 Å². The van der Waals surface area contributed by atoms with E-state index < -0.39 is 0 Å². The number of imidazole rings is 1. The number of H-pyrrole nitrogens is 1. The van der Waals surface area contributed by atoms with Crippen LogP contribution in [0.25, 0.3) is 0 Å². The largest absolute Gasteiger partial charge is 0.346 e. The van der Waals surface area contributed by atoms with Crippen LogP contribution in [-0.2, 0) is 6.42 Å². The van der Waals surface area contributed by atoms with Gasteiger partial charge in [0.1, 0.15) is 5.82 Å². The van der Waals surface area contributed by atoms with Crippen LogP contribution in [0.15, 0.2) is 6.20 Å². The molecular formula is C8H14N2. The lowest BCUT2D eigenvalue weighted by Crippen LogP contribution is -1.83. The molecular weight excluding hydrogens is 124 g/mol. The number of rotatable bonds is 3. The molecule has 1 aromatic heterocycles. The number of nitrogens with zero attached hydrogens (tertiary/aromatic N) is 1. The topological polar surface area (TPSA) is 28.7 Å². The van der Waals surface area contributed by atoms with Crippen molar-refractivity contribution in [2.75, 3.05) is 0 Å². The Labute approximate surface area is 61.7 Å². The summed E-state index contributed by atoms with van der Waals surface area (Å²) < 4.78 is 0. The highest BCUT2D eigenvalue weighted by Crippen LogP contribution is 2.01. The summed E-state index contributed by atoms with van der Waals surface area (Å²) in [5.74, 6) is 1.02. The Morgan fingerprint density at radius 1 is 1.60 bits per heavy atom. The van der Waals surface area contributed by atoms with E-state index in [2.05, 4.69) is 16.9 Å². The average molecular weight is 138 g/mol. The van der Waals surface area contributed by atoms with E-state index in [1.165, 1.54) is 18.5 Å². The number of aromatic nitrogens is 2. The first kappa shape index (κ1) is 7.32. The van der Waals surface area contributed by atoms with E-state index in [0.29, 0.717) is 0 Å². The molecule has 1 aromatic rings. The van der Waals surface area contributed by atoms with Gasteiger partial charge in [0.05, 0.1) is 0 Å². The molecule has 0 saturated heterocycles. The van der Waals surface area contributed by atoms with Crippen molar-refractivity contribution in [2.24, 2.45) is 0 Å². The molecule has 0 fully saturated rings. The van der Waals surface area contributed by atoms with Crippen LogP contribution in [0.5, 0.6) is 0 Å². The van der Waals surface area contributed by atoms with Gasteiger partial charge in [-0.25, -0.2) is 4.98 Å². The van der Waals surface area contributed by atoms with Crippen LogP contribution >= 0.6 is 0 Å². The van der Waals surface area contributed by atoms with Gasteiger partial charge in [0.2, 0.25) is 0 Å². The minimum absolute atomic E-state index is 1.02. The van der Waals surface area contributed by atoms with E-state index in [1.54, 1.807) is 0 Å². The average Bonchev–Trinajstić information content (AvgIpc) is 2.31. The predicted octanol–water partition coefficient (Wildman–Crippen LogP) is 2.06. The summed E-state index contributed by atoms with van der Waals surface area (Å²) in [6, 6.07) is 0. The summed E-state index contributed by atoms with van der Waals surface area (Å²) in [4.78, 5) is 7.31. The lowest BCUT2D eigenvalue weighted by atomic mass is 10.2. The maximum Gasteiger partial charge on any atom is 0.103 e. The van der Waals surface area contributed by atoms with Crippen molar-refractivity contribution in [1.29, 1.82) is 0 Å². The molecule has 0 aliphatic heterocycles. The fourth-order valence-electron chi connectivity index (χ4n) is 0.966. The molecule has 0 aliphatic rings. The smallest absolute Gasteiger partial charge is 0.103 e. The summed E-state index contributed by atoms with van der Waals surface area (Å²) in [5, 5.41) is 0. The zero-order valence-electron chi connectivity index (χ0n) is 6.65. The Morgan fingerprint density at radius 3 is 2.90 bits per heavy atom. The molecule has 2 nitrogen and oxygen atoms in total. The van der Waals surface area contributed by atoms with Crippen molar-refractivity contribution in [3.63, 3.8) is 0 Å². The first-order chi connectivity index (χ1) is 4.83. The van der Waals surface area contributed by atoms with Gasteiger partial charge in [0, 0.05) is 11.9 Å². The fraction of sp³-hybridized carbons (Fsp3) is 0.625. The van der Waals surface area contributed by atoms with Gasteiger partial charge >= 0.3 is 0 Å². The van der Waals surface area contributed by atoms with Gasteiger partial charge in [-0.1, -0.05) is 13.3 Å². The zero-order valence-corrected chi connectivity index (χ0v) is 6.65. The lowest BCUT2D eigenvalue weighted by molar-refractivity contribution is 0.779. The van der Waals surface area contributed by atoms with E-state index in [0.717, 1.165) is 12.2 Å². The Balaban J connectivity index is 2.42. The van der Waals surface area contributed by atoms with Gasteiger partial charge in [-0.15, -0.1) is 0 Å². The molecule has 0 spiro atoms. The van der Waals surface area contributed by atoms with E-state index in [1.807, 2.05) is 13.1 Å². The molecule has 1 N–H and O–H groups in total. The Bertz CT molecular complexity index is 191. The second kappa shape index (κ2) is 3.40. The van der Waals surface area contributed by atoms with Crippen molar-refractivity contribution in [1.82, 2.24) is 9.97 Å². The van der Waals surface area contributed by atoms with Crippen LogP contribution in [0.2, 0.25) is 0 Å². The molecule has 2 heteroatoms. The standard InChI is InChI=1S/C8H14N2/c1-3-4-5-8-6-9-7(2)10-8/h6H,3-5H2,1-2H3,(H,9,10). The molecule has 0 amide bonds. The predicted molar refractivity (Wildman–Crippen MR) is 41.9 cm³/mol. The Hall–Kier alpha value is -0.790. The number of nitrogens with one attached hydrogen (secondary N) is 1. The Morgan fingerprint density at radius 2 is 2.40 bits per heavy atom. The molecule has 10 heavy (non-hydrogen) atoms. The SMILES string of the molecule is CCCCc1cnc(C)[nH]1. The highest BCUT2D eigenvalue weighted by molar-refractivity contribution is 4.99. The highest BCUT2D eigenvalue weighted by Gasteiger charge is 1.93. The number of hydrogen-bond donors (Lipinski definition) is 1. The minimum atomic E-state index is 1.02. The number of aromatic amines is 1. The molecule has 0 bridgehead atoms. The minimum Gasteiger partial charge on any atom is -0.346 e. The van der Waals surface area contributed by atoms with Crippen molar-refractivity contribution in [2.45, 2.75) is 33.1 Å². The summed E-state index contributed by atoms with van der Waals surface area (Å²) in [7, 11) is 0. The number of hydrogen-bond acceptors (Lipinski definition) is 1. The normalized spacial score (nSPS) is 10.2. The van der Waals surface area contributed by atoms with Gasteiger partial charge in [0.25, 0.3) is 0 Å². The third kappa shape index (κ3) is 1.87. The van der Waals surface area contributed by atoms with Gasteiger partial charge in [0.15, 0.2) is 0 Å². The number of aryl methyl sites for hydroxylation is 2. The van der Waals surface area contributed by atoms with Crippen LogP contribution in [-0.4, -0.2) is 9.97 Å². The van der Waals surface area contributed by atoms with Gasteiger partial charge < -0.3 is 4.98 Å².